The Morgan fingerprint density at radius 2 is 2.12 bits per heavy atom. The Morgan fingerprint density at radius 3 is 2.94 bits per heavy atom. The molecular weight excluding hydrogens is 214 g/mol. The molecule has 0 radical (unpaired) electrons. The highest BCUT2D eigenvalue weighted by molar-refractivity contribution is 5.82. The summed E-state index contributed by atoms with van der Waals surface area (Å²) in [6, 6.07) is 8.34. The van der Waals surface area contributed by atoms with Crippen LogP contribution in [0.4, 0.5) is 0 Å². The Morgan fingerprint density at radius 1 is 1.29 bits per heavy atom. The lowest BCUT2D eigenvalue weighted by Gasteiger charge is -2.27. The second kappa shape index (κ2) is 4.17. The Bertz CT molecular complexity index is 532. The smallest absolute Gasteiger partial charge is 0.134 e. The van der Waals surface area contributed by atoms with Crippen LogP contribution in [0.25, 0.3) is 11.0 Å². The molecule has 3 rings (SSSR count). The summed E-state index contributed by atoms with van der Waals surface area (Å²) in [6.07, 6.45) is 1.91. The summed E-state index contributed by atoms with van der Waals surface area (Å²) in [4.78, 5) is 0. The number of furan rings is 1. The number of rotatable bonds is 1. The molecule has 1 aliphatic rings. The van der Waals surface area contributed by atoms with E-state index < -0.39 is 0 Å². The SMILES string of the molecule is Cc1oc2ccccc2c1C1CC(N)CCO1. The van der Waals surface area contributed by atoms with Gasteiger partial charge in [0.05, 0.1) is 6.10 Å². The molecule has 0 saturated carbocycles. The number of fused-ring (bicyclic) bond motifs is 1. The van der Waals surface area contributed by atoms with Crippen molar-refractivity contribution in [2.24, 2.45) is 5.73 Å². The van der Waals surface area contributed by atoms with E-state index in [0.717, 1.165) is 36.2 Å². The Kier molecular flexibility index (Phi) is 2.65. The minimum atomic E-state index is 0.0856. The fraction of sp³-hybridized carbons (Fsp3) is 0.429. The number of benzene rings is 1. The zero-order valence-electron chi connectivity index (χ0n) is 9.98. The second-order valence-electron chi connectivity index (χ2n) is 4.71. The van der Waals surface area contributed by atoms with Crippen molar-refractivity contribution in [1.82, 2.24) is 0 Å². The lowest BCUT2D eigenvalue weighted by atomic mass is 9.96. The standard InChI is InChI=1S/C14H17NO2/c1-9-14(13-8-10(15)6-7-16-13)11-4-2-3-5-12(11)17-9/h2-5,10,13H,6-8,15H2,1H3. The molecule has 0 spiro atoms. The van der Waals surface area contributed by atoms with Crippen LogP contribution in [0.1, 0.15) is 30.3 Å². The maximum atomic E-state index is 6.01. The van der Waals surface area contributed by atoms with Crippen LogP contribution in [0.3, 0.4) is 0 Å². The van der Waals surface area contributed by atoms with Crippen LogP contribution in [-0.4, -0.2) is 12.6 Å². The largest absolute Gasteiger partial charge is 0.461 e. The summed E-state index contributed by atoms with van der Waals surface area (Å²) in [7, 11) is 0. The minimum absolute atomic E-state index is 0.0856. The number of ether oxygens (including phenoxy) is 1. The van der Waals surface area contributed by atoms with E-state index in [0.29, 0.717) is 0 Å². The van der Waals surface area contributed by atoms with Crippen molar-refractivity contribution >= 4 is 11.0 Å². The van der Waals surface area contributed by atoms with E-state index in [2.05, 4.69) is 6.07 Å². The summed E-state index contributed by atoms with van der Waals surface area (Å²) in [6.45, 7) is 2.74. The van der Waals surface area contributed by atoms with Gasteiger partial charge in [0.2, 0.25) is 0 Å². The molecule has 0 aliphatic carbocycles. The quantitative estimate of drug-likeness (QED) is 0.821. The van der Waals surface area contributed by atoms with Crippen LogP contribution in [-0.2, 0) is 4.74 Å². The van der Waals surface area contributed by atoms with Crippen molar-refractivity contribution in [3.8, 4) is 0 Å². The second-order valence-corrected chi connectivity index (χ2v) is 4.71. The zero-order valence-corrected chi connectivity index (χ0v) is 9.98. The van der Waals surface area contributed by atoms with Crippen LogP contribution in [0, 0.1) is 6.92 Å². The van der Waals surface area contributed by atoms with Gasteiger partial charge in [0.15, 0.2) is 0 Å². The maximum Gasteiger partial charge on any atom is 0.134 e. The molecule has 2 aromatic rings. The van der Waals surface area contributed by atoms with Crippen LogP contribution >= 0.6 is 0 Å². The Labute approximate surface area is 101 Å². The number of hydrogen-bond donors (Lipinski definition) is 1. The normalized spacial score (nSPS) is 25.3. The highest BCUT2D eigenvalue weighted by Crippen LogP contribution is 2.36. The molecule has 1 aliphatic heterocycles. The average molecular weight is 231 g/mol. The first-order valence-corrected chi connectivity index (χ1v) is 6.11. The van der Waals surface area contributed by atoms with E-state index in [4.69, 9.17) is 14.9 Å². The molecule has 0 amide bonds. The van der Waals surface area contributed by atoms with Gasteiger partial charge in [-0.25, -0.2) is 0 Å². The van der Waals surface area contributed by atoms with Gasteiger partial charge in [-0.1, -0.05) is 18.2 Å². The van der Waals surface area contributed by atoms with Crippen LogP contribution in [0.15, 0.2) is 28.7 Å². The average Bonchev–Trinajstić information content (AvgIpc) is 2.64. The third-order valence-electron chi connectivity index (χ3n) is 3.47. The van der Waals surface area contributed by atoms with Crippen molar-refractivity contribution in [2.45, 2.75) is 31.9 Å². The molecule has 1 fully saturated rings. The summed E-state index contributed by atoms with van der Waals surface area (Å²) in [5.41, 5.74) is 8.12. The van der Waals surface area contributed by atoms with Gasteiger partial charge in [0.1, 0.15) is 11.3 Å². The van der Waals surface area contributed by atoms with Gasteiger partial charge in [-0.3, -0.25) is 0 Å². The molecule has 90 valence electrons. The number of nitrogens with two attached hydrogens (primary N) is 1. The molecule has 2 atom stereocenters. The zero-order chi connectivity index (χ0) is 11.8. The third kappa shape index (κ3) is 1.85. The highest BCUT2D eigenvalue weighted by Gasteiger charge is 2.26. The fourth-order valence-electron chi connectivity index (χ4n) is 2.61. The fourth-order valence-corrected chi connectivity index (χ4v) is 2.61. The highest BCUT2D eigenvalue weighted by atomic mass is 16.5. The first kappa shape index (κ1) is 10.8. The van der Waals surface area contributed by atoms with Gasteiger partial charge >= 0.3 is 0 Å². The van der Waals surface area contributed by atoms with Gasteiger partial charge < -0.3 is 14.9 Å². The van der Waals surface area contributed by atoms with Gasteiger partial charge in [-0.15, -0.1) is 0 Å². The first-order chi connectivity index (χ1) is 8.25. The van der Waals surface area contributed by atoms with Crippen molar-refractivity contribution in [3.05, 3.63) is 35.6 Å². The van der Waals surface area contributed by atoms with Crippen molar-refractivity contribution in [1.29, 1.82) is 0 Å². The lowest BCUT2D eigenvalue weighted by molar-refractivity contribution is 0.00664. The molecule has 2 unspecified atom stereocenters. The summed E-state index contributed by atoms with van der Waals surface area (Å²) in [5.74, 6) is 0.949. The van der Waals surface area contributed by atoms with E-state index in [1.807, 2.05) is 25.1 Å². The molecule has 2 heterocycles. The summed E-state index contributed by atoms with van der Waals surface area (Å²) < 4.78 is 11.6. The summed E-state index contributed by atoms with van der Waals surface area (Å²) in [5, 5.41) is 1.16. The van der Waals surface area contributed by atoms with Gasteiger partial charge in [-0.05, 0) is 25.8 Å². The van der Waals surface area contributed by atoms with E-state index in [1.54, 1.807) is 0 Å². The van der Waals surface area contributed by atoms with Gasteiger partial charge in [0, 0.05) is 23.6 Å². The molecular formula is C14H17NO2. The van der Waals surface area contributed by atoms with Crippen LogP contribution in [0.2, 0.25) is 0 Å². The molecule has 17 heavy (non-hydrogen) atoms. The first-order valence-electron chi connectivity index (χ1n) is 6.11. The lowest BCUT2D eigenvalue weighted by Crippen LogP contribution is -2.30. The molecule has 2 N–H and O–H groups in total. The van der Waals surface area contributed by atoms with Crippen LogP contribution in [0.5, 0.6) is 0 Å². The predicted molar refractivity (Wildman–Crippen MR) is 66.9 cm³/mol. The molecule has 1 aromatic heterocycles. The summed E-state index contributed by atoms with van der Waals surface area (Å²) >= 11 is 0. The van der Waals surface area contributed by atoms with Gasteiger partial charge in [-0.2, -0.15) is 0 Å². The van der Waals surface area contributed by atoms with E-state index >= 15 is 0 Å². The molecule has 1 aromatic carbocycles. The third-order valence-corrected chi connectivity index (χ3v) is 3.47. The van der Waals surface area contributed by atoms with E-state index in [1.165, 1.54) is 5.56 Å². The van der Waals surface area contributed by atoms with Gasteiger partial charge in [0.25, 0.3) is 0 Å². The number of aryl methyl sites for hydroxylation is 1. The monoisotopic (exact) mass is 231 g/mol. The molecule has 3 heteroatoms. The van der Waals surface area contributed by atoms with Crippen molar-refractivity contribution in [3.63, 3.8) is 0 Å². The topological polar surface area (TPSA) is 48.4 Å². The molecule has 1 saturated heterocycles. The van der Waals surface area contributed by atoms with Crippen molar-refractivity contribution in [2.75, 3.05) is 6.61 Å². The number of hydrogen-bond acceptors (Lipinski definition) is 3. The van der Waals surface area contributed by atoms with Crippen molar-refractivity contribution < 1.29 is 9.15 Å². The molecule has 3 nitrogen and oxygen atoms in total. The molecule has 0 bridgehead atoms. The van der Waals surface area contributed by atoms with E-state index in [9.17, 15) is 0 Å². The Hall–Kier alpha value is -1.32. The predicted octanol–water partition coefficient (Wildman–Crippen LogP) is 2.92. The number of para-hydroxylation sites is 1. The van der Waals surface area contributed by atoms with Crippen LogP contribution < -0.4 is 5.73 Å². The van der Waals surface area contributed by atoms with E-state index in [-0.39, 0.29) is 12.1 Å². The Balaban J connectivity index is 2.06. The maximum absolute atomic E-state index is 6.01. The minimum Gasteiger partial charge on any atom is -0.461 e.